The van der Waals surface area contributed by atoms with Gasteiger partial charge in [0.25, 0.3) is 5.91 Å². The lowest BCUT2D eigenvalue weighted by Gasteiger charge is -2.62. The van der Waals surface area contributed by atoms with Gasteiger partial charge in [-0.1, -0.05) is 25.5 Å². The minimum absolute atomic E-state index is 0.0612. The van der Waals surface area contributed by atoms with Gasteiger partial charge in [-0.2, -0.15) is 0 Å². The molecule has 9 heteroatoms. The van der Waals surface area contributed by atoms with E-state index in [0.29, 0.717) is 49.2 Å². The third-order valence-electron chi connectivity index (χ3n) is 10.7. The van der Waals surface area contributed by atoms with Crippen LogP contribution in [0.15, 0.2) is 48.1 Å². The summed E-state index contributed by atoms with van der Waals surface area (Å²) >= 11 is 0. The van der Waals surface area contributed by atoms with Gasteiger partial charge in [-0.05, 0) is 87.3 Å². The van der Waals surface area contributed by atoms with Crippen molar-refractivity contribution in [3.8, 4) is 5.75 Å². The summed E-state index contributed by atoms with van der Waals surface area (Å²) in [5, 5.41) is 26.4. The van der Waals surface area contributed by atoms with Crippen molar-refractivity contribution in [2.75, 3.05) is 20.3 Å². The van der Waals surface area contributed by atoms with Crippen molar-refractivity contribution < 1.29 is 38.5 Å². The molecule has 3 fully saturated rings. The number of aliphatic hydroxyl groups is 2. The summed E-state index contributed by atoms with van der Waals surface area (Å²) in [5.74, 6) is -1.87. The van der Waals surface area contributed by atoms with Crippen molar-refractivity contribution in [3.63, 3.8) is 0 Å². The van der Waals surface area contributed by atoms with Gasteiger partial charge < -0.3 is 25.0 Å². The van der Waals surface area contributed by atoms with E-state index in [4.69, 9.17) is 4.74 Å². The molecule has 3 N–H and O–H groups in total. The molecular weight excluding hydrogens is 529 g/mol. The summed E-state index contributed by atoms with van der Waals surface area (Å²) in [4.78, 5) is 37.2. The number of rotatable bonds is 7. The number of benzene rings is 1. The molecule has 3 saturated carbocycles. The van der Waals surface area contributed by atoms with Gasteiger partial charge in [0.1, 0.15) is 5.75 Å². The maximum absolute atomic E-state index is 17.3. The van der Waals surface area contributed by atoms with Gasteiger partial charge in [-0.25, -0.2) is 9.18 Å². The Bertz CT molecular complexity index is 1290. The Morgan fingerprint density at radius 1 is 1.17 bits per heavy atom. The first-order chi connectivity index (χ1) is 19.3. The molecule has 1 amide bonds. The Labute approximate surface area is 240 Å². The summed E-state index contributed by atoms with van der Waals surface area (Å²) in [5.41, 5.74) is -4.81. The third-order valence-corrected chi connectivity index (χ3v) is 10.7. The van der Waals surface area contributed by atoms with Gasteiger partial charge in [-0.15, -0.1) is 0 Å². The van der Waals surface area contributed by atoms with Crippen LogP contribution >= 0.6 is 0 Å². The molecule has 0 heterocycles. The van der Waals surface area contributed by atoms with E-state index < -0.39 is 51.9 Å². The fourth-order valence-corrected chi connectivity index (χ4v) is 8.43. The van der Waals surface area contributed by atoms with Crippen molar-refractivity contribution >= 4 is 17.7 Å². The minimum Gasteiger partial charge on any atom is -0.494 e. The number of ether oxygens (including phenoxy) is 2. The lowest BCUT2D eigenvalue weighted by molar-refractivity contribution is -0.219. The molecule has 0 bridgehead atoms. The standard InChI is InChI=1S/C32H40FNO7/c1-19-16-25-24-11-8-21-17-22(35)12-13-29(21,2)31(24,33)26(36)18-30(25,3)32(19,39)28(38)34-14-5-15-41-23-9-6-20(7-10-23)27(37)40-4/h6-7,9-10,12-13,17,19,24-26,36,39H,5,8,11,14-16,18H2,1-4H3,(H,34,38). The number of carbonyl (C=O) groups excluding carboxylic acids is 3. The summed E-state index contributed by atoms with van der Waals surface area (Å²) in [6.45, 7) is 5.97. The zero-order chi connectivity index (χ0) is 29.8. The molecule has 1 aromatic rings. The van der Waals surface area contributed by atoms with Crippen LogP contribution in [0.2, 0.25) is 0 Å². The SMILES string of the molecule is COC(=O)c1ccc(OCCCNC(=O)C2(O)C(C)CC3C4CCC5=CC(=O)C=CC5(C)C4(F)C(O)CC32C)cc1. The number of fused-ring (bicyclic) bond motifs is 5. The quantitative estimate of drug-likeness (QED) is 0.338. The van der Waals surface area contributed by atoms with Crippen LogP contribution in [0, 0.1) is 28.6 Å². The van der Waals surface area contributed by atoms with Gasteiger partial charge in [-0.3, -0.25) is 9.59 Å². The highest BCUT2D eigenvalue weighted by Crippen LogP contribution is 2.70. The maximum Gasteiger partial charge on any atom is 0.337 e. The van der Waals surface area contributed by atoms with Crippen molar-refractivity contribution in [2.45, 2.75) is 70.2 Å². The number of esters is 1. The average Bonchev–Trinajstić information content (AvgIpc) is 3.15. The van der Waals surface area contributed by atoms with Gasteiger partial charge >= 0.3 is 5.97 Å². The molecule has 4 aliphatic rings. The number of allylic oxidation sites excluding steroid dienone is 4. The number of halogens is 1. The molecule has 0 saturated heterocycles. The maximum atomic E-state index is 17.3. The molecule has 222 valence electrons. The van der Waals surface area contributed by atoms with Crippen molar-refractivity contribution in [3.05, 3.63) is 53.6 Å². The number of hydrogen-bond donors (Lipinski definition) is 3. The Morgan fingerprint density at radius 3 is 2.56 bits per heavy atom. The monoisotopic (exact) mass is 569 g/mol. The van der Waals surface area contributed by atoms with E-state index in [-0.39, 0.29) is 24.7 Å². The number of carbonyl (C=O) groups is 3. The Kier molecular flexibility index (Phi) is 7.43. The van der Waals surface area contributed by atoms with Crippen LogP contribution in [0.4, 0.5) is 4.39 Å². The number of hydrogen-bond acceptors (Lipinski definition) is 7. The first-order valence-electron chi connectivity index (χ1n) is 14.5. The third kappa shape index (κ3) is 4.26. The van der Waals surface area contributed by atoms with Gasteiger partial charge in [0.05, 0.1) is 25.4 Å². The smallest absolute Gasteiger partial charge is 0.337 e. The zero-order valence-electron chi connectivity index (χ0n) is 24.1. The Morgan fingerprint density at radius 2 is 1.88 bits per heavy atom. The van der Waals surface area contributed by atoms with E-state index in [1.807, 2.05) is 13.8 Å². The summed E-state index contributed by atoms with van der Waals surface area (Å²) in [6, 6.07) is 6.55. The lowest BCUT2D eigenvalue weighted by atomic mass is 9.44. The van der Waals surface area contributed by atoms with Crippen LogP contribution in [0.5, 0.6) is 5.75 Å². The van der Waals surface area contributed by atoms with E-state index in [2.05, 4.69) is 10.1 Å². The van der Waals surface area contributed by atoms with E-state index in [0.717, 1.165) is 0 Å². The second-order valence-corrected chi connectivity index (χ2v) is 12.6. The molecule has 0 aliphatic heterocycles. The van der Waals surface area contributed by atoms with Crippen LogP contribution < -0.4 is 10.1 Å². The molecule has 41 heavy (non-hydrogen) atoms. The van der Waals surface area contributed by atoms with E-state index >= 15 is 4.39 Å². The van der Waals surface area contributed by atoms with Crippen LogP contribution in [-0.2, 0) is 14.3 Å². The molecule has 0 radical (unpaired) electrons. The predicted octanol–water partition coefficient (Wildman–Crippen LogP) is 3.71. The summed E-state index contributed by atoms with van der Waals surface area (Å²) < 4.78 is 27.7. The van der Waals surface area contributed by atoms with Gasteiger partial charge in [0.15, 0.2) is 17.1 Å². The number of nitrogens with one attached hydrogen (secondary N) is 1. The first kappa shape index (κ1) is 29.5. The van der Waals surface area contributed by atoms with E-state index in [1.54, 1.807) is 37.3 Å². The van der Waals surface area contributed by atoms with Crippen LogP contribution in [-0.4, -0.2) is 65.5 Å². The highest BCUT2D eigenvalue weighted by Gasteiger charge is 2.75. The minimum atomic E-state index is -2.01. The molecule has 8 unspecified atom stereocenters. The summed E-state index contributed by atoms with van der Waals surface area (Å²) in [7, 11) is 1.32. The molecule has 5 rings (SSSR count). The highest BCUT2D eigenvalue weighted by atomic mass is 19.1. The number of ketones is 1. The second-order valence-electron chi connectivity index (χ2n) is 12.6. The lowest BCUT2D eigenvalue weighted by Crippen LogP contribution is -2.70. The van der Waals surface area contributed by atoms with Crippen molar-refractivity contribution in [1.82, 2.24) is 5.32 Å². The normalized spacial score (nSPS) is 39.2. The van der Waals surface area contributed by atoms with E-state index in [1.165, 1.54) is 19.3 Å². The fraction of sp³-hybridized carbons (Fsp3) is 0.594. The molecule has 4 aliphatic carbocycles. The predicted molar refractivity (Wildman–Crippen MR) is 149 cm³/mol. The number of aliphatic hydroxyl groups excluding tert-OH is 1. The number of methoxy groups -OCH3 is 1. The number of amides is 1. The number of alkyl halides is 1. The molecule has 1 aromatic carbocycles. The largest absolute Gasteiger partial charge is 0.494 e. The molecule has 0 aromatic heterocycles. The highest BCUT2D eigenvalue weighted by molar-refractivity contribution is 6.01. The van der Waals surface area contributed by atoms with Gasteiger partial charge in [0.2, 0.25) is 0 Å². The second kappa shape index (κ2) is 10.3. The zero-order valence-corrected chi connectivity index (χ0v) is 24.1. The van der Waals surface area contributed by atoms with E-state index in [9.17, 15) is 24.6 Å². The van der Waals surface area contributed by atoms with Gasteiger partial charge in [0, 0.05) is 23.3 Å². The van der Waals surface area contributed by atoms with Crippen LogP contribution in [0.3, 0.4) is 0 Å². The van der Waals surface area contributed by atoms with Crippen LogP contribution in [0.1, 0.15) is 63.2 Å². The van der Waals surface area contributed by atoms with Crippen molar-refractivity contribution in [1.29, 1.82) is 0 Å². The topological polar surface area (TPSA) is 122 Å². The molecule has 8 atom stereocenters. The molecule has 8 nitrogen and oxygen atoms in total. The summed E-state index contributed by atoms with van der Waals surface area (Å²) in [6.07, 6.45) is 4.94. The Balaban J connectivity index is 1.26. The fourth-order valence-electron chi connectivity index (χ4n) is 8.43. The average molecular weight is 570 g/mol. The Hall–Kier alpha value is -3.04. The first-order valence-corrected chi connectivity index (χ1v) is 14.5. The molecule has 0 spiro atoms. The molecular formula is C32H40FNO7. The van der Waals surface area contributed by atoms with Crippen LogP contribution in [0.25, 0.3) is 0 Å². The van der Waals surface area contributed by atoms with Crippen molar-refractivity contribution in [2.24, 2.45) is 28.6 Å².